The number of halogens is 2. The lowest BCUT2D eigenvalue weighted by molar-refractivity contribution is 0.155. The van der Waals surface area contributed by atoms with Gasteiger partial charge in [0.1, 0.15) is 0 Å². The van der Waals surface area contributed by atoms with E-state index in [9.17, 15) is 8.78 Å². The Balaban J connectivity index is 2.77. The fourth-order valence-electron chi connectivity index (χ4n) is 0.415. The van der Waals surface area contributed by atoms with Crippen LogP contribution >= 0.6 is 11.3 Å². The minimum Gasteiger partial charge on any atom is -0.204 e. The standard InChI is InChI=1S/C5H4F2S/c6-5(7)4-2-1-3-8-4/h1-3,5H. The van der Waals surface area contributed by atoms with Crippen molar-refractivity contribution in [1.29, 1.82) is 0 Å². The van der Waals surface area contributed by atoms with Gasteiger partial charge in [-0.1, -0.05) is 6.07 Å². The summed E-state index contributed by atoms with van der Waals surface area (Å²) in [5, 5.41) is 1.64. The molecule has 0 bridgehead atoms. The molecule has 0 saturated heterocycles. The maximum absolute atomic E-state index is 11.6. The Morgan fingerprint density at radius 2 is 2.25 bits per heavy atom. The monoisotopic (exact) mass is 134 g/mol. The summed E-state index contributed by atoms with van der Waals surface area (Å²) in [5.41, 5.74) is 0. The molecule has 0 aromatic carbocycles. The molecule has 0 aliphatic rings. The molecular formula is C5H4F2S. The molecule has 0 aliphatic heterocycles. The van der Waals surface area contributed by atoms with Gasteiger partial charge in [0.2, 0.25) is 0 Å². The van der Waals surface area contributed by atoms with E-state index in [4.69, 9.17) is 0 Å². The van der Waals surface area contributed by atoms with Crippen LogP contribution in [0.5, 0.6) is 0 Å². The smallest absolute Gasteiger partial charge is 0.204 e. The van der Waals surface area contributed by atoms with Crippen LogP contribution in [0.15, 0.2) is 17.5 Å². The van der Waals surface area contributed by atoms with E-state index >= 15 is 0 Å². The van der Waals surface area contributed by atoms with Crippen molar-refractivity contribution in [2.45, 2.75) is 6.43 Å². The molecule has 0 amide bonds. The molecule has 0 spiro atoms. The lowest BCUT2D eigenvalue weighted by Gasteiger charge is -1.87. The van der Waals surface area contributed by atoms with Gasteiger partial charge in [-0.3, -0.25) is 0 Å². The normalized spacial score (nSPS) is 10.4. The van der Waals surface area contributed by atoms with Crippen molar-refractivity contribution in [2.75, 3.05) is 0 Å². The van der Waals surface area contributed by atoms with Gasteiger partial charge in [-0.2, -0.15) is 0 Å². The van der Waals surface area contributed by atoms with E-state index < -0.39 is 6.43 Å². The minimum absolute atomic E-state index is 0.144. The van der Waals surface area contributed by atoms with Gasteiger partial charge in [-0.05, 0) is 11.4 Å². The van der Waals surface area contributed by atoms with Gasteiger partial charge in [-0.15, -0.1) is 11.3 Å². The third-order valence-electron chi connectivity index (χ3n) is 0.758. The Hall–Kier alpha value is -0.440. The average molecular weight is 134 g/mol. The fourth-order valence-corrected chi connectivity index (χ4v) is 0.990. The Morgan fingerprint density at radius 3 is 2.50 bits per heavy atom. The number of thiophene rings is 1. The van der Waals surface area contributed by atoms with Crippen molar-refractivity contribution in [3.05, 3.63) is 22.4 Å². The minimum atomic E-state index is -2.30. The van der Waals surface area contributed by atoms with Crippen LogP contribution in [-0.4, -0.2) is 0 Å². The van der Waals surface area contributed by atoms with Gasteiger partial charge in [0, 0.05) is 0 Å². The topological polar surface area (TPSA) is 0 Å². The zero-order valence-corrected chi connectivity index (χ0v) is 4.79. The molecule has 0 nitrogen and oxygen atoms in total. The van der Waals surface area contributed by atoms with Crippen LogP contribution in [0.4, 0.5) is 8.78 Å². The van der Waals surface area contributed by atoms with Gasteiger partial charge >= 0.3 is 0 Å². The molecule has 0 N–H and O–H groups in total. The second kappa shape index (κ2) is 2.22. The zero-order valence-electron chi connectivity index (χ0n) is 3.97. The van der Waals surface area contributed by atoms with Crippen molar-refractivity contribution in [3.63, 3.8) is 0 Å². The van der Waals surface area contributed by atoms with E-state index in [1.54, 1.807) is 11.4 Å². The zero-order chi connectivity index (χ0) is 5.98. The van der Waals surface area contributed by atoms with Crippen molar-refractivity contribution in [3.8, 4) is 0 Å². The van der Waals surface area contributed by atoms with Gasteiger partial charge in [0.05, 0.1) is 4.88 Å². The largest absolute Gasteiger partial charge is 0.272 e. The van der Waals surface area contributed by atoms with E-state index in [0.29, 0.717) is 0 Å². The molecule has 0 unspecified atom stereocenters. The van der Waals surface area contributed by atoms with Crippen LogP contribution in [0.25, 0.3) is 0 Å². The maximum Gasteiger partial charge on any atom is 0.272 e. The molecule has 1 aromatic heterocycles. The predicted molar refractivity (Wildman–Crippen MR) is 29.3 cm³/mol. The predicted octanol–water partition coefficient (Wildman–Crippen LogP) is 2.69. The third-order valence-corrected chi connectivity index (χ3v) is 1.64. The van der Waals surface area contributed by atoms with E-state index in [1.165, 1.54) is 6.07 Å². The first-order valence-corrected chi connectivity index (χ1v) is 3.00. The van der Waals surface area contributed by atoms with Crippen LogP contribution in [-0.2, 0) is 0 Å². The molecule has 44 valence electrons. The molecule has 1 rings (SSSR count). The average Bonchev–Trinajstić information content (AvgIpc) is 2.12. The van der Waals surface area contributed by atoms with Crippen molar-refractivity contribution in [1.82, 2.24) is 0 Å². The molecule has 0 radical (unpaired) electrons. The van der Waals surface area contributed by atoms with Crippen LogP contribution in [0.3, 0.4) is 0 Å². The molecule has 0 fully saturated rings. The molecule has 1 aromatic rings. The van der Waals surface area contributed by atoms with E-state index in [-0.39, 0.29) is 4.88 Å². The molecular weight excluding hydrogens is 130 g/mol. The summed E-state index contributed by atoms with van der Waals surface area (Å²) in [6, 6.07) is 3.04. The number of hydrogen-bond donors (Lipinski definition) is 0. The molecule has 0 aliphatic carbocycles. The molecule has 0 atom stereocenters. The Kier molecular flexibility index (Phi) is 1.58. The van der Waals surface area contributed by atoms with E-state index in [0.717, 1.165) is 11.3 Å². The summed E-state index contributed by atoms with van der Waals surface area (Å²) >= 11 is 1.08. The van der Waals surface area contributed by atoms with Gasteiger partial charge < -0.3 is 0 Å². The van der Waals surface area contributed by atoms with Gasteiger partial charge in [0.15, 0.2) is 0 Å². The SMILES string of the molecule is FC(F)c1cccs1. The molecule has 0 saturated carbocycles. The highest BCUT2D eigenvalue weighted by atomic mass is 32.1. The number of rotatable bonds is 1. The first-order chi connectivity index (χ1) is 3.80. The summed E-state index contributed by atoms with van der Waals surface area (Å²) < 4.78 is 23.2. The van der Waals surface area contributed by atoms with Gasteiger partial charge in [0.25, 0.3) is 6.43 Å². The van der Waals surface area contributed by atoms with Gasteiger partial charge in [-0.25, -0.2) is 8.78 Å². The van der Waals surface area contributed by atoms with E-state index in [2.05, 4.69) is 0 Å². The molecule has 1 heterocycles. The Morgan fingerprint density at radius 1 is 1.50 bits per heavy atom. The summed E-state index contributed by atoms with van der Waals surface area (Å²) in [4.78, 5) is 0.144. The van der Waals surface area contributed by atoms with E-state index in [1.807, 2.05) is 0 Å². The molecule has 8 heavy (non-hydrogen) atoms. The first-order valence-electron chi connectivity index (χ1n) is 2.12. The number of alkyl halides is 2. The summed E-state index contributed by atoms with van der Waals surface area (Å²) in [5.74, 6) is 0. The lowest BCUT2D eigenvalue weighted by Crippen LogP contribution is -1.71. The quantitative estimate of drug-likeness (QED) is 0.554. The van der Waals surface area contributed by atoms with Crippen LogP contribution in [0, 0.1) is 0 Å². The Labute approximate surface area is 49.8 Å². The van der Waals surface area contributed by atoms with Crippen molar-refractivity contribution in [2.24, 2.45) is 0 Å². The second-order valence-electron chi connectivity index (χ2n) is 1.32. The third kappa shape index (κ3) is 1.04. The lowest BCUT2D eigenvalue weighted by atomic mass is 10.5. The van der Waals surface area contributed by atoms with Crippen molar-refractivity contribution < 1.29 is 8.78 Å². The first kappa shape index (κ1) is 5.69. The summed E-state index contributed by atoms with van der Waals surface area (Å²) in [6.45, 7) is 0. The highest BCUT2D eigenvalue weighted by Gasteiger charge is 2.04. The fraction of sp³-hybridized carbons (Fsp3) is 0.200. The summed E-state index contributed by atoms with van der Waals surface area (Å²) in [6.07, 6.45) is -2.30. The van der Waals surface area contributed by atoms with Crippen LogP contribution < -0.4 is 0 Å². The van der Waals surface area contributed by atoms with Crippen LogP contribution in [0.1, 0.15) is 11.3 Å². The highest BCUT2D eigenvalue weighted by Crippen LogP contribution is 2.22. The number of hydrogen-bond acceptors (Lipinski definition) is 1. The second-order valence-corrected chi connectivity index (χ2v) is 2.30. The van der Waals surface area contributed by atoms with Crippen LogP contribution in [0.2, 0.25) is 0 Å². The Bertz CT molecular complexity index is 145. The molecule has 3 heteroatoms. The maximum atomic E-state index is 11.6. The van der Waals surface area contributed by atoms with Crippen molar-refractivity contribution >= 4 is 11.3 Å². The highest BCUT2D eigenvalue weighted by molar-refractivity contribution is 7.09. The summed E-state index contributed by atoms with van der Waals surface area (Å²) in [7, 11) is 0.